The number of hydrogen-bond acceptors (Lipinski definition) is 3. The number of hydrogen-bond donors (Lipinski definition) is 1. The van der Waals surface area contributed by atoms with Crippen LogP contribution in [-0.2, 0) is 17.9 Å². The van der Waals surface area contributed by atoms with Crippen molar-refractivity contribution < 1.29 is 9.53 Å². The highest BCUT2D eigenvalue weighted by molar-refractivity contribution is 5.86. The molecule has 29 heavy (non-hydrogen) atoms. The zero-order valence-corrected chi connectivity index (χ0v) is 17.2. The van der Waals surface area contributed by atoms with Crippen molar-refractivity contribution in [1.82, 2.24) is 14.8 Å². The Morgan fingerprint density at radius 2 is 1.83 bits per heavy atom. The molecule has 4 rings (SSSR count). The van der Waals surface area contributed by atoms with E-state index in [4.69, 9.17) is 4.74 Å². The van der Waals surface area contributed by atoms with Crippen LogP contribution in [0.1, 0.15) is 36.9 Å². The van der Waals surface area contributed by atoms with Gasteiger partial charge in [0.2, 0.25) is 5.91 Å². The van der Waals surface area contributed by atoms with Crippen molar-refractivity contribution in [2.24, 2.45) is 0 Å². The minimum Gasteiger partial charge on any atom is -0.496 e. The van der Waals surface area contributed by atoms with Crippen LogP contribution in [0.4, 0.5) is 0 Å². The number of nitrogens with zero attached hydrogens (tertiary/aromatic N) is 2. The number of carbonyl (C=O) groups is 1. The summed E-state index contributed by atoms with van der Waals surface area (Å²) in [6.45, 7) is 5.57. The fourth-order valence-electron chi connectivity index (χ4n) is 4.31. The molecule has 2 aromatic carbocycles. The smallest absolute Gasteiger partial charge is 0.240 e. The zero-order chi connectivity index (χ0) is 20.2. The Bertz CT molecular complexity index is 989. The molecule has 0 radical (unpaired) electrons. The van der Waals surface area contributed by atoms with E-state index in [0.717, 1.165) is 36.5 Å². The standard InChI is InChI=1S/C24H29N3O2/c1-18(20-9-4-6-12-23(20)29-2)25-24(28)17-27-16-19(15-26-13-7-8-14-26)21-10-3-5-11-22(21)27/h3-6,9-12,16,18H,7-8,13-15,17H2,1-2H3,(H,25,28)/t18-/m1/s1. The number of benzene rings is 2. The number of aromatic nitrogens is 1. The third kappa shape index (κ3) is 4.30. The predicted molar refractivity (Wildman–Crippen MR) is 116 cm³/mol. The van der Waals surface area contributed by atoms with Gasteiger partial charge in [-0.3, -0.25) is 9.69 Å². The topological polar surface area (TPSA) is 46.5 Å². The first-order chi connectivity index (χ1) is 14.2. The minimum atomic E-state index is -0.121. The van der Waals surface area contributed by atoms with Crippen LogP contribution in [-0.4, -0.2) is 35.6 Å². The van der Waals surface area contributed by atoms with E-state index < -0.39 is 0 Å². The number of methoxy groups -OCH3 is 1. The van der Waals surface area contributed by atoms with Crippen LogP contribution in [0.25, 0.3) is 10.9 Å². The summed E-state index contributed by atoms with van der Waals surface area (Å²) in [5.74, 6) is 0.788. The molecule has 152 valence electrons. The van der Waals surface area contributed by atoms with Crippen LogP contribution in [0.15, 0.2) is 54.7 Å². The molecule has 1 aliphatic rings. The zero-order valence-electron chi connectivity index (χ0n) is 17.2. The Hall–Kier alpha value is -2.79. The average molecular weight is 392 g/mol. The number of rotatable bonds is 7. The Morgan fingerprint density at radius 3 is 2.62 bits per heavy atom. The molecule has 5 nitrogen and oxygen atoms in total. The number of nitrogens with one attached hydrogen (secondary N) is 1. The third-order valence-corrected chi connectivity index (χ3v) is 5.76. The highest BCUT2D eigenvalue weighted by atomic mass is 16.5. The summed E-state index contributed by atoms with van der Waals surface area (Å²) >= 11 is 0. The van der Waals surface area contributed by atoms with Gasteiger partial charge in [0, 0.05) is 29.2 Å². The quantitative estimate of drug-likeness (QED) is 0.659. The van der Waals surface area contributed by atoms with Gasteiger partial charge in [0.25, 0.3) is 0 Å². The lowest BCUT2D eigenvalue weighted by Gasteiger charge is -2.17. The maximum absolute atomic E-state index is 12.8. The van der Waals surface area contributed by atoms with Crippen LogP contribution in [0.5, 0.6) is 5.75 Å². The number of carbonyl (C=O) groups excluding carboxylic acids is 1. The largest absolute Gasteiger partial charge is 0.496 e. The maximum atomic E-state index is 12.8. The average Bonchev–Trinajstić information content (AvgIpc) is 3.37. The third-order valence-electron chi connectivity index (χ3n) is 5.76. The molecule has 1 saturated heterocycles. The highest BCUT2D eigenvalue weighted by Crippen LogP contribution is 2.26. The first kappa shape index (κ1) is 19.5. The summed E-state index contributed by atoms with van der Waals surface area (Å²) in [7, 11) is 1.65. The van der Waals surface area contributed by atoms with Crippen molar-refractivity contribution in [3.63, 3.8) is 0 Å². The molecule has 3 aromatic rings. The lowest BCUT2D eigenvalue weighted by molar-refractivity contribution is -0.122. The molecule has 1 aliphatic heterocycles. The Balaban J connectivity index is 1.50. The van der Waals surface area contributed by atoms with E-state index in [1.165, 1.54) is 23.8 Å². The van der Waals surface area contributed by atoms with Crippen LogP contribution >= 0.6 is 0 Å². The summed E-state index contributed by atoms with van der Waals surface area (Å²) in [6, 6.07) is 16.1. The van der Waals surface area contributed by atoms with Crippen LogP contribution in [0.3, 0.4) is 0 Å². The number of fused-ring (bicyclic) bond motifs is 1. The van der Waals surface area contributed by atoms with Crippen molar-refractivity contribution in [1.29, 1.82) is 0 Å². The lowest BCUT2D eigenvalue weighted by atomic mass is 10.1. The van der Waals surface area contributed by atoms with Crippen molar-refractivity contribution in [2.75, 3.05) is 20.2 Å². The molecule has 5 heteroatoms. The molecule has 2 heterocycles. The van der Waals surface area contributed by atoms with Gasteiger partial charge in [-0.25, -0.2) is 0 Å². The number of amides is 1. The molecule has 0 spiro atoms. The van der Waals surface area contributed by atoms with E-state index in [0.29, 0.717) is 6.54 Å². The summed E-state index contributed by atoms with van der Waals surface area (Å²) in [6.07, 6.45) is 4.71. The van der Waals surface area contributed by atoms with E-state index in [2.05, 4.69) is 39.2 Å². The van der Waals surface area contributed by atoms with E-state index in [-0.39, 0.29) is 11.9 Å². The predicted octanol–water partition coefficient (Wildman–Crippen LogP) is 4.12. The van der Waals surface area contributed by atoms with Gasteiger partial charge in [-0.05, 0) is 50.6 Å². The first-order valence-electron chi connectivity index (χ1n) is 10.4. The lowest BCUT2D eigenvalue weighted by Crippen LogP contribution is -2.30. The molecule has 0 unspecified atom stereocenters. The van der Waals surface area contributed by atoms with E-state index in [1.54, 1.807) is 7.11 Å². The molecule has 0 bridgehead atoms. The van der Waals surface area contributed by atoms with E-state index in [1.807, 2.05) is 37.3 Å². The van der Waals surface area contributed by atoms with Crippen molar-refractivity contribution in [3.05, 3.63) is 65.9 Å². The second-order valence-corrected chi connectivity index (χ2v) is 7.81. The van der Waals surface area contributed by atoms with Crippen LogP contribution in [0, 0.1) is 0 Å². The van der Waals surface area contributed by atoms with Gasteiger partial charge in [-0.15, -0.1) is 0 Å². The summed E-state index contributed by atoms with van der Waals surface area (Å²) in [5.41, 5.74) is 3.39. The molecular formula is C24H29N3O2. The molecule has 1 fully saturated rings. The monoisotopic (exact) mass is 391 g/mol. The number of para-hydroxylation sites is 2. The summed E-state index contributed by atoms with van der Waals surface area (Å²) in [5, 5.41) is 4.36. The molecule has 1 aromatic heterocycles. The van der Waals surface area contributed by atoms with Crippen molar-refractivity contribution in [3.8, 4) is 5.75 Å². The molecule has 1 N–H and O–H groups in total. The number of ether oxygens (including phenoxy) is 1. The van der Waals surface area contributed by atoms with Gasteiger partial charge in [0.05, 0.1) is 13.2 Å². The van der Waals surface area contributed by atoms with Gasteiger partial charge in [0.15, 0.2) is 0 Å². The van der Waals surface area contributed by atoms with Gasteiger partial charge in [-0.2, -0.15) is 0 Å². The number of likely N-dealkylation sites (tertiary alicyclic amines) is 1. The molecule has 0 aliphatic carbocycles. The minimum absolute atomic E-state index is 0.00289. The van der Waals surface area contributed by atoms with Crippen LogP contribution in [0.2, 0.25) is 0 Å². The van der Waals surface area contributed by atoms with E-state index in [9.17, 15) is 4.79 Å². The molecule has 1 amide bonds. The second kappa shape index (κ2) is 8.70. The normalized spacial score (nSPS) is 15.5. The maximum Gasteiger partial charge on any atom is 0.240 e. The molecule has 0 saturated carbocycles. The second-order valence-electron chi connectivity index (χ2n) is 7.81. The first-order valence-corrected chi connectivity index (χ1v) is 10.4. The Labute approximate surface area is 172 Å². The van der Waals surface area contributed by atoms with Gasteiger partial charge >= 0.3 is 0 Å². The Morgan fingerprint density at radius 1 is 1.10 bits per heavy atom. The molecule has 1 atom stereocenters. The van der Waals surface area contributed by atoms with Gasteiger partial charge in [-0.1, -0.05) is 36.4 Å². The van der Waals surface area contributed by atoms with E-state index >= 15 is 0 Å². The fourth-order valence-corrected chi connectivity index (χ4v) is 4.31. The van der Waals surface area contributed by atoms with Gasteiger partial charge in [0.1, 0.15) is 12.3 Å². The van der Waals surface area contributed by atoms with Crippen LogP contribution < -0.4 is 10.1 Å². The summed E-state index contributed by atoms with van der Waals surface area (Å²) in [4.78, 5) is 15.3. The van der Waals surface area contributed by atoms with Crippen molar-refractivity contribution in [2.45, 2.75) is 38.9 Å². The highest BCUT2D eigenvalue weighted by Gasteiger charge is 2.18. The SMILES string of the molecule is COc1ccccc1[C@@H](C)NC(=O)Cn1cc(CN2CCCC2)c2ccccc21. The van der Waals surface area contributed by atoms with Crippen molar-refractivity contribution >= 4 is 16.8 Å². The fraction of sp³-hybridized carbons (Fsp3) is 0.375. The summed E-state index contributed by atoms with van der Waals surface area (Å²) < 4.78 is 7.50. The Kier molecular flexibility index (Phi) is 5.86. The molecular weight excluding hydrogens is 362 g/mol. The van der Waals surface area contributed by atoms with Gasteiger partial charge < -0.3 is 14.6 Å².